The van der Waals surface area contributed by atoms with Crippen LogP contribution in [0.4, 0.5) is 4.79 Å². The first-order chi connectivity index (χ1) is 16.9. The third kappa shape index (κ3) is 4.08. The zero-order valence-corrected chi connectivity index (χ0v) is 19.3. The van der Waals surface area contributed by atoms with Crippen molar-refractivity contribution < 1.29 is 29.0 Å². The van der Waals surface area contributed by atoms with Crippen LogP contribution in [0.1, 0.15) is 29.9 Å². The summed E-state index contributed by atoms with van der Waals surface area (Å²) < 4.78 is 11.2. The van der Waals surface area contributed by atoms with Crippen molar-refractivity contribution in [3.05, 3.63) is 72.3 Å². The van der Waals surface area contributed by atoms with E-state index in [1.807, 2.05) is 24.3 Å². The molecule has 3 aliphatic rings. The second kappa shape index (κ2) is 9.19. The number of nitrogens with one attached hydrogen (secondary N) is 1. The number of aliphatic carboxylic acids is 1. The van der Waals surface area contributed by atoms with Crippen LogP contribution in [0.15, 0.2) is 61.2 Å². The maximum Gasteiger partial charge on any atom is 0.407 e. The number of amides is 2. The van der Waals surface area contributed by atoms with Crippen LogP contribution < -0.4 is 5.32 Å². The summed E-state index contributed by atoms with van der Waals surface area (Å²) in [6.45, 7) is 4.33. The predicted molar refractivity (Wildman–Crippen MR) is 128 cm³/mol. The summed E-state index contributed by atoms with van der Waals surface area (Å²) in [5.74, 6) is -1.31. The largest absolute Gasteiger partial charge is 0.481 e. The van der Waals surface area contributed by atoms with Gasteiger partial charge >= 0.3 is 12.1 Å². The van der Waals surface area contributed by atoms with E-state index in [0.717, 1.165) is 22.3 Å². The van der Waals surface area contributed by atoms with Crippen LogP contribution in [0.5, 0.6) is 0 Å². The number of benzene rings is 2. The van der Waals surface area contributed by atoms with Gasteiger partial charge in [-0.15, -0.1) is 6.58 Å². The topological polar surface area (TPSA) is 105 Å². The molecule has 2 heterocycles. The number of fused-ring (bicyclic) bond motifs is 3. The fourth-order valence-corrected chi connectivity index (χ4v) is 5.42. The number of ether oxygens (including phenoxy) is 2. The second-order valence-corrected chi connectivity index (χ2v) is 9.43. The summed E-state index contributed by atoms with van der Waals surface area (Å²) in [6.07, 6.45) is 0.870. The SMILES string of the molecule is C=CCC1(C(=O)O)CN(C(=O)C2OCCC2NC(=O)OCC2c3ccccc3-c3ccccc32)C1. The molecule has 0 saturated carbocycles. The van der Waals surface area contributed by atoms with Crippen molar-refractivity contribution in [2.24, 2.45) is 5.41 Å². The van der Waals surface area contributed by atoms with E-state index in [0.29, 0.717) is 19.4 Å². The molecule has 2 amide bonds. The Morgan fingerprint density at radius 3 is 2.34 bits per heavy atom. The molecule has 5 rings (SSSR count). The molecule has 1 aliphatic carbocycles. The van der Waals surface area contributed by atoms with Gasteiger partial charge in [0.05, 0.1) is 6.04 Å². The molecule has 0 aromatic heterocycles. The number of carbonyl (C=O) groups is 3. The molecule has 2 N–H and O–H groups in total. The van der Waals surface area contributed by atoms with Gasteiger partial charge in [0.1, 0.15) is 12.0 Å². The zero-order valence-electron chi connectivity index (χ0n) is 19.3. The van der Waals surface area contributed by atoms with Gasteiger partial charge in [0.2, 0.25) is 0 Å². The second-order valence-electron chi connectivity index (χ2n) is 9.43. The molecule has 8 nitrogen and oxygen atoms in total. The molecule has 2 aliphatic heterocycles. The number of carbonyl (C=O) groups excluding carboxylic acids is 2. The monoisotopic (exact) mass is 476 g/mol. The summed E-state index contributed by atoms with van der Waals surface area (Å²) in [6, 6.07) is 15.7. The number of nitrogens with zero attached hydrogens (tertiary/aromatic N) is 1. The first-order valence-electron chi connectivity index (χ1n) is 11.8. The molecule has 0 radical (unpaired) electrons. The molecule has 2 unspecified atom stereocenters. The normalized spacial score (nSPS) is 22.0. The lowest BCUT2D eigenvalue weighted by Crippen LogP contribution is -2.65. The smallest absolute Gasteiger partial charge is 0.407 e. The van der Waals surface area contributed by atoms with Gasteiger partial charge in [-0.05, 0) is 35.1 Å². The molecular weight excluding hydrogens is 448 g/mol. The number of hydrogen-bond donors (Lipinski definition) is 2. The maximum atomic E-state index is 13.0. The lowest BCUT2D eigenvalue weighted by Gasteiger charge is -2.47. The van der Waals surface area contributed by atoms with Gasteiger partial charge in [-0.25, -0.2) is 4.79 Å². The average Bonchev–Trinajstić information content (AvgIpc) is 3.41. The van der Waals surface area contributed by atoms with Crippen LogP contribution in [-0.4, -0.2) is 66.4 Å². The quantitative estimate of drug-likeness (QED) is 0.595. The van der Waals surface area contributed by atoms with Gasteiger partial charge in [-0.2, -0.15) is 0 Å². The highest BCUT2D eigenvalue weighted by Gasteiger charge is 2.52. The summed E-state index contributed by atoms with van der Waals surface area (Å²) >= 11 is 0. The Bertz CT molecular complexity index is 1130. The summed E-state index contributed by atoms with van der Waals surface area (Å²) in [5, 5.41) is 12.3. The average molecular weight is 477 g/mol. The molecule has 0 spiro atoms. The van der Waals surface area contributed by atoms with Crippen molar-refractivity contribution in [3.63, 3.8) is 0 Å². The minimum atomic E-state index is -0.994. The first kappa shape index (κ1) is 23.1. The van der Waals surface area contributed by atoms with Crippen molar-refractivity contribution in [2.75, 3.05) is 26.3 Å². The molecule has 2 aromatic rings. The van der Waals surface area contributed by atoms with Crippen LogP contribution in [0.25, 0.3) is 11.1 Å². The van der Waals surface area contributed by atoms with Gasteiger partial charge in [0.25, 0.3) is 5.91 Å². The van der Waals surface area contributed by atoms with Gasteiger partial charge in [-0.1, -0.05) is 54.6 Å². The van der Waals surface area contributed by atoms with Gasteiger partial charge in [-0.3, -0.25) is 9.59 Å². The summed E-state index contributed by atoms with van der Waals surface area (Å²) in [4.78, 5) is 38.8. The molecular formula is C27H28N2O6. The van der Waals surface area contributed by atoms with E-state index in [4.69, 9.17) is 9.47 Å². The van der Waals surface area contributed by atoms with E-state index in [-0.39, 0.29) is 31.5 Å². The first-order valence-corrected chi connectivity index (χ1v) is 11.8. The van der Waals surface area contributed by atoms with Crippen molar-refractivity contribution in [3.8, 4) is 11.1 Å². The fraction of sp³-hybridized carbons (Fsp3) is 0.370. The molecule has 2 saturated heterocycles. The van der Waals surface area contributed by atoms with Crippen LogP contribution in [-0.2, 0) is 19.1 Å². The Labute approximate surface area is 203 Å². The van der Waals surface area contributed by atoms with Crippen molar-refractivity contribution in [1.29, 1.82) is 0 Å². The Kier molecular flexibility index (Phi) is 6.06. The maximum absolute atomic E-state index is 13.0. The van der Waals surface area contributed by atoms with E-state index in [2.05, 4.69) is 36.2 Å². The van der Waals surface area contributed by atoms with Gasteiger partial charge < -0.3 is 24.8 Å². The predicted octanol–water partition coefficient (Wildman–Crippen LogP) is 3.17. The van der Waals surface area contributed by atoms with Crippen LogP contribution in [0, 0.1) is 5.41 Å². The number of carboxylic acids is 1. The van der Waals surface area contributed by atoms with E-state index < -0.39 is 29.6 Å². The lowest BCUT2D eigenvalue weighted by atomic mass is 9.76. The van der Waals surface area contributed by atoms with Gasteiger partial charge in [0.15, 0.2) is 6.10 Å². The van der Waals surface area contributed by atoms with Crippen molar-refractivity contribution in [1.82, 2.24) is 10.2 Å². The number of carboxylic acid groups (broad SMARTS) is 1. The Morgan fingerprint density at radius 2 is 1.74 bits per heavy atom. The minimum absolute atomic E-state index is 0.0551. The van der Waals surface area contributed by atoms with E-state index >= 15 is 0 Å². The van der Waals surface area contributed by atoms with Crippen molar-refractivity contribution >= 4 is 18.0 Å². The highest BCUT2D eigenvalue weighted by atomic mass is 16.6. The lowest BCUT2D eigenvalue weighted by molar-refractivity contribution is -0.169. The molecule has 2 atom stereocenters. The number of alkyl carbamates (subject to hydrolysis) is 1. The number of allylic oxidation sites excluding steroid dienone is 1. The number of rotatable bonds is 7. The highest BCUT2D eigenvalue weighted by molar-refractivity contribution is 5.87. The minimum Gasteiger partial charge on any atom is -0.481 e. The molecule has 8 heteroatoms. The number of likely N-dealkylation sites (tertiary alicyclic amines) is 1. The molecule has 2 aromatic carbocycles. The van der Waals surface area contributed by atoms with Crippen LogP contribution in [0.3, 0.4) is 0 Å². The third-order valence-corrected chi connectivity index (χ3v) is 7.27. The number of hydrogen-bond acceptors (Lipinski definition) is 5. The third-order valence-electron chi connectivity index (χ3n) is 7.27. The summed E-state index contributed by atoms with van der Waals surface area (Å²) in [7, 11) is 0. The molecule has 2 fully saturated rings. The highest BCUT2D eigenvalue weighted by Crippen LogP contribution is 2.44. The fourth-order valence-electron chi connectivity index (χ4n) is 5.42. The Morgan fingerprint density at radius 1 is 1.11 bits per heavy atom. The standard InChI is InChI=1S/C27H28N2O6/c1-2-12-27(25(31)32)15-29(16-27)24(30)23-22(11-13-34-23)28-26(33)35-14-21-19-9-5-3-7-17(19)18-8-4-6-10-20(18)21/h2-10,21-23H,1,11-16H2,(H,28,33)(H,31,32). The van der Waals surface area contributed by atoms with Crippen molar-refractivity contribution in [2.45, 2.75) is 30.9 Å². The van der Waals surface area contributed by atoms with Gasteiger partial charge in [0, 0.05) is 25.6 Å². The Hall–Kier alpha value is -3.65. The van der Waals surface area contributed by atoms with E-state index in [9.17, 15) is 19.5 Å². The van der Waals surface area contributed by atoms with E-state index in [1.54, 1.807) is 6.08 Å². The molecule has 0 bridgehead atoms. The Balaban J connectivity index is 1.19. The molecule has 182 valence electrons. The summed E-state index contributed by atoms with van der Waals surface area (Å²) in [5.41, 5.74) is 3.55. The van der Waals surface area contributed by atoms with Crippen LogP contribution in [0.2, 0.25) is 0 Å². The zero-order chi connectivity index (χ0) is 24.6. The van der Waals surface area contributed by atoms with Crippen LogP contribution >= 0.6 is 0 Å². The van der Waals surface area contributed by atoms with E-state index in [1.165, 1.54) is 4.90 Å². The molecule has 35 heavy (non-hydrogen) atoms.